The second kappa shape index (κ2) is 5.88. The summed E-state index contributed by atoms with van der Waals surface area (Å²) in [6.45, 7) is 7.37. The summed E-state index contributed by atoms with van der Waals surface area (Å²) in [5.74, 6) is 0.267. The summed E-state index contributed by atoms with van der Waals surface area (Å²) in [6.07, 6.45) is 0. The van der Waals surface area contributed by atoms with Crippen molar-refractivity contribution in [1.82, 2.24) is 0 Å². The van der Waals surface area contributed by atoms with E-state index in [0.717, 1.165) is 22.3 Å². The van der Waals surface area contributed by atoms with E-state index in [9.17, 15) is 5.11 Å². The Balaban J connectivity index is 2.17. The van der Waals surface area contributed by atoms with Gasteiger partial charge >= 0.3 is 0 Å². The first-order valence-electron chi connectivity index (χ1n) is 6.69. The van der Waals surface area contributed by atoms with Gasteiger partial charge in [-0.1, -0.05) is 45.0 Å². The molecule has 0 amide bonds. The third-order valence-electron chi connectivity index (χ3n) is 3.23. The van der Waals surface area contributed by atoms with Crippen LogP contribution < -0.4 is 5.32 Å². The van der Waals surface area contributed by atoms with E-state index in [1.807, 2.05) is 18.2 Å². The number of hydrogen-bond donors (Lipinski definition) is 2. The minimum Gasteiger partial charge on any atom is -0.507 e. The number of hydrogen-bond acceptors (Lipinski definition) is 2. The molecule has 3 heteroatoms. The largest absolute Gasteiger partial charge is 0.507 e. The standard InChI is InChI=1S/C17H20BrNO/c1-17(2,3)13-6-4-5-7-15(13)19-11-12-8-9-16(20)14(18)10-12/h4-10,19-20H,11H2,1-3H3. The van der Waals surface area contributed by atoms with Gasteiger partial charge in [-0.15, -0.1) is 0 Å². The fraction of sp³-hybridized carbons (Fsp3) is 0.294. The molecule has 0 bridgehead atoms. The van der Waals surface area contributed by atoms with E-state index in [0.29, 0.717) is 0 Å². The van der Waals surface area contributed by atoms with Crippen molar-refractivity contribution < 1.29 is 5.11 Å². The van der Waals surface area contributed by atoms with Crippen LogP contribution in [-0.4, -0.2) is 5.11 Å². The Morgan fingerprint density at radius 1 is 1.10 bits per heavy atom. The molecule has 0 fully saturated rings. The Bertz CT molecular complexity index is 602. The third kappa shape index (κ3) is 3.54. The van der Waals surface area contributed by atoms with E-state index >= 15 is 0 Å². The normalized spacial score (nSPS) is 11.4. The number of phenolic OH excluding ortho intramolecular Hbond substituents is 1. The predicted octanol–water partition coefficient (Wildman–Crippen LogP) is 5.06. The zero-order valence-corrected chi connectivity index (χ0v) is 13.7. The number of aromatic hydroxyl groups is 1. The van der Waals surface area contributed by atoms with Gasteiger partial charge in [-0.05, 0) is 50.7 Å². The summed E-state index contributed by atoms with van der Waals surface area (Å²) < 4.78 is 0.723. The van der Waals surface area contributed by atoms with Crippen molar-refractivity contribution in [3.8, 4) is 5.75 Å². The molecule has 0 saturated carbocycles. The van der Waals surface area contributed by atoms with Gasteiger partial charge in [-0.2, -0.15) is 0 Å². The van der Waals surface area contributed by atoms with Crippen LogP contribution in [0.15, 0.2) is 46.9 Å². The van der Waals surface area contributed by atoms with Gasteiger partial charge in [0, 0.05) is 12.2 Å². The van der Waals surface area contributed by atoms with Crippen molar-refractivity contribution in [2.45, 2.75) is 32.7 Å². The summed E-state index contributed by atoms with van der Waals surface area (Å²) in [7, 11) is 0. The molecule has 0 aliphatic rings. The Morgan fingerprint density at radius 2 is 1.80 bits per heavy atom. The molecule has 0 saturated heterocycles. The minimum absolute atomic E-state index is 0.110. The highest BCUT2D eigenvalue weighted by Crippen LogP contribution is 2.30. The molecule has 2 aromatic carbocycles. The van der Waals surface area contributed by atoms with Crippen LogP contribution in [-0.2, 0) is 12.0 Å². The number of halogens is 1. The lowest BCUT2D eigenvalue weighted by Gasteiger charge is -2.23. The van der Waals surface area contributed by atoms with Crippen LogP contribution in [0.3, 0.4) is 0 Å². The molecule has 0 unspecified atom stereocenters. The molecule has 0 spiro atoms. The van der Waals surface area contributed by atoms with Crippen LogP contribution in [0.25, 0.3) is 0 Å². The molecule has 0 aromatic heterocycles. The van der Waals surface area contributed by atoms with E-state index in [2.05, 4.69) is 60.2 Å². The van der Waals surface area contributed by atoms with E-state index in [1.165, 1.54) is 5.56 Å². The number of rotatable bonds is 3. The van der Waals surface area contributed by atoms with E-state index in [-0.39, 0.29) is 11.2 Å². The molecule has 2 aromatic rings. The lowest BCUT2D eigenvalue weighted by Crippen LogP contribution is -2.14. The Kier molecular flexibility index (Phi) is 4.39. The van der Waals surface area contributed by atoms with Gasteiger partial charge in [0.15, 0.2) is 0 Å². The average Bonchev–Trinajstić information content (AvgIpc) is 2.39. The molecular weight excluding hydrogens is 314 g/mol. The summed E-state index contributed by atoms with van der Waals surface area (Å²) in [6, 6.07) is 13.9. The van der Waals surface area contributed by atoms with Gasteiger partial charge in [0.2, 0.25) is 0 Å². The predicted molar refractivity (Wildman–Crippen MR) is 88.3 cm³/mol. The van der Waals surface area contributed by atoms with Gasteiger partial charge in [0.05, 0.1) is 4.47 Å². The lowest BCUT2D eigenvalue weighted by atomic mass is 9.86. The number of anilines is 1. The second-order valence-electron chi connectivity index (χ2n) is 5.93. The fourth-order valence-electron chi connectivity index (χ4n) is 2.15. The summed E-state index contributed by atoms with van der Waals surface area (Å²) in [5, 5.41) is 13.0. The molecule has 106 valence electrons. The van der Waals surface area contributed by atoms with Crippen molar-refractivity contribution in [1.29, 1.82) is 0 Å². The first kappa shape index (κ1) is 14.9. The lowest BCUT2D eigenvalue weighted by molar-refractivity contribution is 0.471. The maximum absolute atomic E-state index is 9.51. The summed E-state index contributed by atoms with van der Waals surface area (Å²) >= 11 is 3.34. The molecule has 0 radical (unpaired) electrons. The minimum atomic E-state index is 0.110. The second-order valence-corrected chi connectivity index (χ2v) is 6.79. The molecule has 20 heavy (non-hydrogen) atoms. The molecule has 2 nitrogen and oxygen atoms in total. The fourth-order valence-corrected chi connectivity index (χ4v) is 2.58. The zero-order valence-electron chi connectivity index (χ0n) is 12.1. The van der Waals surface area contributed by atoms with Gasteiger partial charge in [-0.25, -0.2) is 0 Å². The molecule has 2 rings (SSSR count). The number of para-hydroxylation sites is 1. The monoisotopic (exact) mass is 333 g/mol. The highest BCUT2D eigenvalue weighted by Gasteiger charge is 2.17. The van der Waals surface area contributed by atoms with Crippen molar-refractivity contribution in [3.05, 3.63) is 58.1 Å². The number of phenols is 1. The quantitative estimate of drug-likeness (QED) is 0.822. The first-order chi connectivity index (χ1) is 9.38. The Morgan fingerprint density at radius 3 is 2.45 bits per heavy atom. The molecular formula is C17H20BrNO. The molecule has 0 atom stereocenters. The van der Waals surface area contributed by atoms with Crippen molar-refractivity contribution in [3.63, 3.8) is 0 Å². The van der Waals surface area contributed by atoms with Crippen LogP contribution in [0.4, 0.5) is 5.69 Å². The van der Waals surface area contributed by atoms with Crippen LogP contribution in [0, 0.1) is 0 Å². The van der Waals surface area contributed by atoms with Gasteiger partial charge in [0.1, 0.15) is 5.75 Å². The number of benzene rings is 2. The molecule has 2 N–H and O–H groups in total. The van der Waals surface area contributed by atoms with Crippen LogP contribution in [0.5, 0.6) is 5.75 Å². The van der Waals surface area contributed by atoms with Crippen molar-refractivity contribution >= 4 is 21.6 Å². The SMILES string of the molecule is CC(C)(C)c1ccccc1NCc1ccc(O)c(Br)c1. The van der Waals surface area contributed by atoms with Crippen molar-refractivity contribution in [2.24, 2.45) is 0 Å². The van der Waals surface area contributed by atoms with Gasteiger partial charge < -0.3 is 10.4 Å². The van der Waals surface area contributed by atoms with Crippen LogP contribution in [0.2, 0.25) is 0 Å². The maximum Gasteiger partial charge on any atom is 0.129 e. The smallest absolute Gasteiger partial charge is 0.129 e. The highest BCUT2D eigenvalue weighted by atomic mass is 79.9. The van der Waals surface area contributed by atoms with E-state index < -0.39 is 0 Å². The molecule has 0 heterocycles. The van der Waals surface area contributed by atoms with E-state index in [4.69, 9.17) is 0 Å². The number of nitrogens with one attached hydrogen (secondary N) is 1. The van der Waals surface area contributed by atoms with Crippen LogP contribution in [0.1, 0.15) is 31.9 Å². The maximum atomic E-state index is 9.51. The third-order valence-corrected chi connectivity index (χ3v) is 3.87. The molecule has 0 aliphatic heterocycles. The summed E-state index contributed by atoms with van der Waals surface area (Å²) in [4.78, 5) is 0. The highest BCUT2D eigenvalue weighted by molar-refractivity contribution is 9.10. The first-order valence-corrected chi connectivity index (χ1v) is 7.48. The Hall–Kier alpha value is -1.48. The van der Waals surface area contributed by atoms with Gasteiger partial charge in [0.25, 0.3) is 0 Å². The topological polar surface area (TPSA) is 32.3 Å². The average molecular weight is 334 g/mol. The van der Waals surface area contributed by atoms with Crippen LogP contribution >= 0.6 is 15.9 Å². The Labute approximate surface area is 129 Å². The van der Waals surface area contributed by atoms with Crippen molar-refractivity contribution in [2.75, 3.05) is 5.32 Å². The summed E-state index contributed by atoms with van der Waals surface area (Å²) in [5.41, 5.74) is 3.69. The molecule has 0 aliphatic carbocycles. The zero-order chi connectivity index (χ0) is 14.8. The van der Waals surface area contributed by atoms with Gasteiger partial charge in [-0.3, -0.25) is 0 Å². The van der Waals surface area contributed by atoms with E-state index in [1.54, 1.807) is 6.07 Å².